The van der Waals surface area contributed by atoms with Gasteiger partial charge in [-0.25, -0.2) is 4.68 Å². The maximum absolute atomic E-state index is 5.92. The highest BCUT2D eigenvalue weighted by Gasteiger charge is 2.13. The molecule has 0 radical (unpaired) electrons. The Kier molecular flexibility index (Phi) is 3.33. The van der Waals surface area contributed by atoms with E-state index in [2.05, 4.69) is 26.0 Å². The van der Waals surface area contributed by atoms with Gasteiger partial charge >= 0.3 is 0 Å². The highest BCUT2D eigenvalue weighted by molar-refractivity contribution is 9.10. The van der Waals surface area contributed by atoms with Gasteiger partial charge in [0.25, 0.3) is 0 Å². The second-order valence-corrected chi connectivity index (χ2v) is 4.48. The lowest BCUT2D eigenvalue weighted by molar-refractivity contribution is 0.416. The highest BCUT2D eigenvalue weighted by atomic mass is 79.9. The summed E-state index contributed by atoms with van der Waals surface area (Å²) in [6.45, 7) is 4.54. The zero-order valence-corrected chi connectivity index (χ0v) is 11.2. The molecule has 0 aliphatic rings. The number of halogens is 1. The molecule has 0 spiro atoms. The second-order valence-electron chi connectivity index (χ2n) is 3.56. The monoisotopic (exact) mass is 296 g/mol. The molecular weight excluding hydrogens is 284 g/mol. The third-order valence-electron chi connectivity index (χ3n) is 2.32. The van der Waals surface area contributed by atoms with Crippen molar-refractivity contribution >= 4 is 21.6 Å². The van der Waals surface area contributed by atoms with Crippen LogP contribution in [0.15, 0.2) is 22.9 Å². The van der Waals surface area contributed by atoms with Gasteiger partial charge in [0.1, 0.15) is 11.4 Å². The van der Waals surface area contributed by atoms with E-state index in [1.165, 1.54) is 0 Å². The number of aromatic nitrogens is 3. The Hall–Kier alpha value is -1.56. The fraction of sp³-hybridized carbons (Fsp3) is 0.273. The van der Waals surface area contributed by atoms with E-state index in [4.69, 9.17) is 10.5 Å². The van der Waals surface area contributed by atoms with Crippen molar-refractivity contribution in [2.24, 2.45) is 0 Å². The van der Waals surface area contributed by atoms with Crippen LogP contribution in [-0.4, -0.2) is 14.8 Å². The Morgan fingerprint density at radius 3 is 2.88 bits per heavy atom. The van der Waals surface area contributed by atoms with Crippen molar-refractivity contribution in [1.82, 2.24) is 14.8 Å². The molecule has 0 aliphatic carbocycles. The zero-order chi connectivity index (χ0) is 12.4. The van der Waals surface area contributed by atoms with Gasteiger partial charge < -0.3 is 10.5 Å². The van der Waals surface area contributed by atoms with Crippen LogP contribution in [0.2, 0.25) is 0 Å². The van der Waals surface area contributed by atoms with E-state index in [1.54, 1.807) is 17.1 Å². The van der Waals surface area contributed by atoms with Crippen LogP contribution in [0.1, 0.15) is 12.6 Å². The van der Waals surface area contributed by atoms with Crippen LogP contribution in [-0.2, 0) is 6.54 Å². The molecular formula is C11H13BrN4O. The van der Waals surface area contributed by atoms with Gasteiger partial charge in [0.2, 0.25) is 5.88 Å². The predicted octanol–water partition coefficient (Wildman–Crippen LogP) is 2.74. The summed E-state index contributed by atoms with van der Waals surface area (Å²) in [4.78, 5) is 4.03. The largest absolute Gasteiger partial charge is 0.436 e. The van der Waals surface area contributed by atoms with E-state index in [1.807, 2.05) is 19.9 Å². The fourth-order valence-electron chi connectivity index (χ4n) is 1.46. The summed E-state index contributed by atoms with van der Waals surface area (Å²) in [5, 5.41) is 4.28. The summed E-state index contributed by atoms with van der Waals surface area (Å²) in [7, 11) is 0. The number of aryl methyl sites for hydroxylation is 2. The Morgan fingerprint density at radius 1 is 1.47 bits per heavy atom. The van der Waals surface area contributed by atoms with Gasteiger partial charge in [-0.15, -0.1) is 0 Å². The average Bonchev–Trinajstić information content (AvgIpc) is 2.57. The van der Waals surface area contributed by atoms with E-state index < -0.39 is 0 Å². The Labute approximate surface area is 108 Å². The number of nitrogens with two attached hydrogens (primary N) is 1. The van der Waals surface area contributed by atoms with Gasteiger partial charge in [0.05, 0.1) is 11.9 Å². The van der Waals surface area contributed by atoms with E-state index in [9.17, 15) is 0 Å². The molecule has 0 atom stereocenters. The van der Waals surface area contributed by atoms with Crippen LogP contribution < -0.4 is 10.5 Å². The highest BCUT2D eigenvalue weighted by Crippen LogP contribution is 2.30. The molecule has 2 N–H and O–H groups in total. The van der Waals surface area contributed by atoms with Gasteiger partial charge in [-0.2, -0.15) is 5.10 Å². The minimum atomic E-state index is 0.560. The molecule has 6 heteroatoms. The van der Waals surface area contributed by atoms with Crippen molar-refractivity contribution in [3.8, 4) is 11.6 Å². The van der Waals surface area contributed by atoms with Crippen molar-refractivity contribution in [3.63, 3.8) is 0 Å². The number of ether oxygens (including phenoxy) is 1. The van der Waals surface area contributed by atoms with Crippen LogP contribution >= 0.6 is 15.9 Å². The second kappa shape index (κ2) is 4.75. The molecule has 2 heterocycles. The molecule has 0 saturated carbocycles. The molecule has 2 aromatic rings. The maximum atomic E-state index is 5.92. The summed E-state index contributed by atoms with van der Waals surface area (Å²) in [6, 6.07) is 1.83. The van der Waals surface area contributed by atoms with Gasteiger partial charge in [0.15, 0.2) is 0 Å². The van der Waals surface area contributed by atoms with Crippen LogP contribution in [0.25, 0.3) is 0 Å². The van der Waals surface area contributed by atoms with E-state index in [-0.39, 0.29) is 0 Å². The third kappa shape index (κ3) is 2.41. The van der Waals surface area contributed by atoms with E-state index in [0.717, 1.165) is 10.2 Å². The van der Waals surface area contributed by atoms with Crippen molar-refractivity contribution in [2.75, 3.05) is 5.73 Å². The molecule has 0 amide bonds. The molecule has 2 aromatic heterocycles. The van der Waals surface area contributed by atoms with Gasteiger partial charge in [-0.1, -0.05) is 0 Å². The summed E-state index contributed by atoms with van der Waals surface area (Å²) >= 11 is 3.34. The van der Waals surface area contributed by atoms with Crippen LogP contribution in [0.3, 0.4) is 0 Å². The number of anilines is 1. The summed E-state index contributed by atoms with van der Waals surface area (Å²) in [5.74, 6) is 1.19. The zero-order valence-electron chi connectivity index (χ0n) is 9.64. The lowest BCUT2D eigenvalue weighted by Crippen LogP contribution is -2.01. The third-order valence-corrected chi connectivity index (χ3v) is 2.75. The number of hydrogen-bond donors (Lipinski definition) is 1. The van der Waals surface area contributed by atoms with Gasteiger partial charge in [-0.3, -0.25) is 4.98 Å². The molecule has 0 fully saturated rings. The van der Waals surface area contributed by atoms with Crippen molar-refractivity contribution in [3.05, 3.63) is 28.6 Å². The summed E-state index contributed by atoms with van der Waals surface area (Å²) in [6.07, 6.45) is 3.32. The Morgan fingerprint density at radius 2 is 2.24 bits per heavy atom. The summed E-state index contributed by atoms with van der Waals surface area (Å²) in [5.41, 5.74) is 7.25. The molecule has 2 rings (SSSR count). The van der Waals surface area contributed by atoms with Crippen LogP contribution in [0.4, 0.5) is 5.69 Å². The lowest BCUT2D eigenvalue weighted by atomic mass is 10.4. The first-order valence-electron chi connectivity index (χ1n) is 5.23. The van der Waals surface area contributed by atoms with Crippen molar-refractivity contribution in [1.29, 1.82) is 0 Å². The maximum Gasteiger partial charge on any atom is 0.241 e. The normalized spacial score (nSPS) is 10.5. The standard InChI is InChI=1S/C11H13BrN4O/c1-3-16-11(10(13)7(2)15-16)17-9-4-8(12)5-14-6-9/h4-6H,3,13H2,1-2H3. The van der Waals surface area contributed by atoms with Crippen molar-refractivity contribution in [2.45, 2.75) is 20.4 Å². The molecule has 0 bridgehead atoms. The number of pyridine rings is 1. The molecule has 0 aliphatic heterocycles. The molecule has 0 unspecified atom stereocenters. The van der Waals surface area contributed by atoms with E-state index in [0.29, 0.717) is 23.9 Å². The number of rotatable bonds is 3. The first-order valence-corrected chi connectivity index (χ1v) is 6.02. The first kappa shape index (κ1) is 11.9. The minimum Gasteiger partial charge on any atom is -0.436 e. The quantitative estimate of drug-likeness (QED) is 0.946. The number of hydrogen-bond acceptors (Lipinski definition) is 4. The molecule has 17 heavy (non-hydrogen) atoms. The SMILES string of the molecule is CCn1nc(C)c(N)c1Oc1cncc(Br)c1. The van der Waals surface area contributed by atoms with Gasteiger partial charge in [-0.05, 0) is 35.8 Å². The van der Waals surface area contributed by atoms with Crippen LogP contribution in [0, 0.1) is 6.92 Å². The average molecular weight is 297 g/mol. The minimum absolute atomic E-state index is 0.560. The molecule has 90 valence electrons. The fourth-order valence-corrected chi connectivity index (χ4v) is 1.80. The summed E-state index contributed by atoms with van der Waals surface area (Å²) < 4.78 is 8.30. The predicted molar refractivity (Wildman–Crippen MR) is 69.1 cm³/mol. The molecule has 0 saturated heterocycles. The van der Waals surface area contributed by atoms with Gasteiger partial charge in [0, 0.05) is 17.2 Å². The number of nitrogen functional groups attached to an aromatic ring is 1. The number of nitrogens with zero attached hydrogens (tertiary/aromatic N) is 3. The Bertz CT molecular complexity index is 538. The topological polar surface area (TPSA) is 66.0 Å². The lowest BCUT2D eigenvalue weighted by Gasteiger charge is -2.07. The molecule has 5 nitrogen and oxygen atoms in total. The molecule has 0 aromatic carbocycles. The van der Waals surface area contributed by atoms with E-state index >= 15 is 0 Å². The first-order chi connectivity index (χ1) is 8.11. The van der Waals surface area contributed by atoms with Crippen molar-refractivity contribution < 1.29 is 4.74 Å². The Balaban J connectivity index is 2.35. The van der Waals surface area contributed by atoms with Crippen LogP contribution in [0.5, 0.6) is 11.6 Å². The smallest absolute Gasteiger partial charge is 0.241 e.